The summed E-state index contributed by atoms with van der Waals surface area (Å²) in [7, 11) is 0. The number of rotatable bonds is 2. The van der Waals surface area contributed by atoms with Crippen molar-refractivity contribution in [3.8, 4) is 0 Å². The molecule has 0 bridgehead atoms. The highest BCUT2D eigenvalue weighted by Crippen LogP contribution is 2.31. The van der Waals surface area contributed by atoms with E-state index in [0.29, 0.717) is 12.0 Å². The van der Waals surface area contributed by atoms with Crippen LogP contribution in [0.4, 0.5) is 0 Å². The SMILES string of the molecule is Cc1cc(C(C)C)n(C2CCC(O)CC2)n1. The number of nitrogens with zero attached hydrogens (tertiary/aromatic N) is 2. The van der Waals surface area contributed by atoms with E-state index in [1.54, 1.807) is 0 Å². The second kappa shape index (κ2) is 4.58. The van der Waals surface area contributed by atoms with E-state index in [0.717, 1.165) is 31.4 Å². The summed E-state index contributed by atoms with van der Waals surface area (Å²) in [6.45, 7) is 6.48. The smallest absolute Gasteiger partial charge is 0.0596 e. The molecular weight excluding hydrogens is 200 g/mol. The monoisotopic (exact) mass is 222 g/mol. The Balaban J connectivity index is 2.19. The van der Waals surface area contributed by atoms with Gasteiger partial charge in [0.1, 0.15) is 0 Å². The number of hydrogen-bond acceptors (Lipinski definition) is 2. The minimum atomic E-state index is -0.0876. The van der Waals surface area contributed by atoms with Crippen molar-refractivity contribution in [2.75, 3.05) is 0 Å². The molecule has 0 atom stereocenters. The summed E-state index contributed by atoms with van der Waals surface area (Å²) in [6, 6.07) is 2.69. The fraction of sp³-hybridized carbons (Fsp3) is 0.769. The first-order chi connectivity index (χ1) is 7.58. The van der Waals surface area contributed by atoms with Crippen molar-refractivity contribution in [1.82, 2.24) is 9.78 Å². The second-order valence-corrected chi connectivity index (χ2v) is 5.27. The molecule has 0 saturated heterocycles. The largest absolute Gasteiger partial charge is 0.393 e. The Labute approximate surface area is 97.5 Å². The van der Waals surface area contributed by atoms with Gasteiger partial charge in [-0.25, -0.2) is 0 Å². The third kappa shape index (κ3) is 2.29. The van der Waals surface area contributed by atoms with E-state index in [2.05, 4.69) is 36.6 Å². The van der Waals surface area contributed by atoms with Crippen LogP contribution in [0.2, 0.25) is 0 Å². The maximum Gasteiger partial charge on any atom is 0.0596 e. The average molecular weight is 222 g/mol. The quantitative estimate of drug-likeness (QED) is 0.835. The molecule has 16 heavy (non-hydrogen) atoms. The van der Waals surface area contributed by atoms with Crippen molar-refractivity contribution in [2.45, 2.75) is 64.5 Å². The molecule has 1 aliphatic rings. The lowest BCUT2D eigenvalue weighted by molar-refractivity contribution is 0.107. The normalized spacial score (nSPS) is 26.3. The molecule has 0 amide bonds. The van der Waals surface area contributed by atoms with Gasteiger partial charge in [-0.15, -0.1) is 0 Å². The average Bonchev–Trinajstić information content (AvgIpc) is 2.61. The number of aromatic nitrogens is 2. The molecular formula is C13H22N2O. The van der Waals surface area contributed by atoms with E-state index in [1.165, 1.54) is 5.69 Å². The van der Waals surface area contributed by atoms with Crippen LogP contribution in [-0.2, 0) is 0 Å². The van der Waals surface area contributed by atoms with E-state index in [1.807, 2.05) is 0 Å². The molecule has 0 radical (unpaired) electrons. The van der Waals surface area contributed by atoms with Gasteiger partial charge in [0, 0.05) is 5.69 Å². The van der Waals surface area contributed by atoms with Crippen LogP contribution in [0.1, 0.15) is 62.9 Å². The molecule has 0 aromatic carbocycles. The van der Waals surface area contributed by atoms with Crippen LogP contribution in [0.5, 0.6) is 0 Å². The summed E-state index contributed by atoms with van der Waals surface area (Å²) >= 11 is 0. The summed E-state index contributed by atoms with van der Waals surface area (Å²) in [5.74, 6) is 0.521. The molecule has 1 aliphatic carbocycles. The lowest BCUT2D eigenvalue weighted by atomic mass is 9.93. The summed E-state index contributed by atoms with van der Waals surface area (Å²) < 4.78 is 2.20. The van der Waals surface area contributed by atoms with E-state index < -0.39 is 0 Å². The first-order valence-electron chi connectivity index (χ1n) is 6.32. The summed E-state index contributed by atoms with van der Waals surface area (Å²) in [5, 5.41) is 14.1. The Morgan fingerprint density at radius 1 is 1.31 bits per heavy atom. The van der Waals surface area contributed by atoms with Gasteiger partial charge in [-0.05, 0) is 44.6 Å². The van der Waals surface area contributed by atoms with Gasteiger partial charge in [-0.3, -0.25) is 4.68 Å². The molecule has 0 aliphatic heterocycles. The molecule has 1 saturated carbocycles. The van der Waals surface area contributed by atoms with Crippen LogP contribution in [0.25, 0.3) is 0 Å². The first-order valence-corrected chi connectivity index (χ1v) is 6.32. The third-order valence-corrected chi connectivity index (χ3v) is 3.49. The Hall–Kier alpha value is -0.830. The van der Waals surface area contributed by atoms with Crippen LogP contribution in [0.15, 0.2) is 6.07 Å². The molecule has 0 spiro atoms. The number of aliphatic hydroxyl groups excluding tert-OH is 1. The van der Waals surface area contributed by atoms with E-state index >= 15 is 0 Å². The molecule has 1 heterocycles. The van der Waals surface area contributed by atoms with Crippen molar-refractivity contribution in [3.05, 3.63) is 17.5 Å². The standard InChI is InChI=1S/C13H22N2O/c1-9(2)13-8-10(3)14-15(13)11-4-6-12(16)7-5-11/h8-9,11-12,16H,4-7H2,1-3H3. The lowest BCUT2D eigenvalue weighted by Crippen LogP contribution is -2.23. The zero-order valence-electron chi connectivity index (χ0n) is 10.5. The van der Waals surface area contributed by atoms with E-state index in [9.17, 15) is 5.11 Å². The zero-order valence-corrected chi connectivity index (χ0v) is 10.5. The Morgan fingerprint density at radius 2 is 1.94 bits per heavy atom. The van der Waals surface area contributed by atoms with Crippen molar-refractivity contribution in [2.24, 2.45) is 0 Å². The van der Waals surface area contributed by atoms with Crippen LogP contribution in [0, 0.1) is 6.92 Å². The summed E-state index contributed by atoms with van der Waals surface area (Å²) in [4.78, 5) is 0. The molecule has 0 unspecified atom stereocenters. The first kappa shape index (κ1) is 11.6. The molecule has 3 nitrogen and oxygen atoms in total. The second-order valence-electron chi connectivity index (χ2n) is 5.27. The van der Waals surface area contributed by atoms with Gasteiger partial charge in [0.25, 0.3) is 0 Å². The minimum absolute atomic E-state index is 0.0876. The van der Waals surface area contributed by atoms with Crippen molar-refractivity contribution in [1.29, 1.82) is 0 Å². The van der Waals surface area contributed by atoms with Crippen LogP contribution in [0.3, 0.4) is 0 Å². The topological polar surface area (TPSA) is 38.0 Å². The summed E-state index contributed by atoms with van der Waals surface area (Å²) in [6.07, 6.45) is 3.86. The highest BCUT2D eigenvalue weighted by molar-refractivity contribution is 5.13. The Morgan fingerprint density at radius 3 is 2.50 bits per heavy atom. The number of hydrogen-bond donors (Lipinski definition) is 1. The van der Waals surface area contributed by atoms with Gasteiger partial charge in [-0.2, -0.15) is 5.10 Å². The van der Waals surface area contributed by atoms with Gasteiger partial charge < -0.3 is 5.11 Å². The zero-order chi connectivity index (χ0) is 11.7. The summed E-state index contributed by atoms with van der Waals surface area (Å²) in [5.41, 5.74) is 2.44. The lowest BCUT2D eigenvalue weighted by Gasteiger charge is -2.27. The van der Waals surface area contributed by atoms with Crippen LogP contribution in [-0.4, -0.2) is 21.0 Å². The van der Waals surface area contributed by atoms with E-state index in [4.69, 9.17) is 0 Å². The van der Waals surface area contributed by atoms with Crippen molar-refractivity contribution >= 4 is 0 Å². The predicted octanol–water partition coefficient (Wildman–Crippen LogP) is 2.79. The fourth-order valence-corrected chi connectivity index (χ4v) is 2.56. The molecule has 2 rings (SSSR count). The van der Waals surface area contributed by atoms with Gasteiger partial charge in [0.05, 0.1) is 17.8 Å². The third-order valence-electron chi connectivity index (χ3n) is 3.49. The molecule has 90 valence electrons. The molecule has 1 aromatic rings. The van der Waals surface area contributed by atoms with E-state index in [-0.39, 0.29) is 6.10 Å². The highest BCUT2D eigenvalue weighted by Gasteiger charge is 2.23. The Bertz CT molecular complexity index is 349. The molecule has 1 fully saturated rings. The van der Waals surface area contributed by atoms with Crippen LogP contribution < -0.4 is 0 Å². The minimum Gasteiger partial charge on any atom is -0.393 e. The number of aryl methyl sites for hydroxylation is 1. The van der Waals surface area contributed by atoms with Gasteiger partial charge in [0.15, 0.2) is 0 Å². The molecule has 3 heteroatoms. The fourth-order valence-electron chi connectivity index (χ4n) is 2.56. The molecule has 1 N–H and O–H groups in total. The highest BCUT2D eigenvalue weighted by atomic mass is 16.3. The maximum absolute atomic E-state index is 9.53. The van der Waals surface area contributed by atoms with Crippen molar-refractivity contribution in [3.63, 3.8) is 0 Å². The Kier molecular flexibility index (Phi) is 3.33. The van der Waals surface area contributed by atoms with Crippen LogP contribution >= 0.6 is 0 Å². The van der Waals surface area contributed by atoms with Gasteiger partial charge in [-0.1, -0.05) is 13.8 Å². The molecule has 1 aromatic heterocycles. The number of aliphatic hydroxyl groups is 1. The van der Waals surface area contributed by atoms with Gasteiger partial charge in [0.2, 0.25) is 0 Å². The maximum atomic E-state index is 9.53. The predicted molar refractivity (Wildman–Crippen MR) is 64.6 cm³/mol. The van der Waals surface area contributed by atoms with Gasteiger partial charge >= 0.3 is 0 Å². The van der Waals surface area contributed by atoms with Crippen molar-refractivity contribution < 1.29 is 5.11 Å².